The third-order valence-corrected chi connectivity index (χ3v) is 11.9. The van der Waals surface area contributed by atoms with Crippen molar-refractivity contribution >= 4 is 20.8 Å². The molecule has 0 aliphatic heterocycles. The SMILES string of the molecule is C=CCCC[C@@H](C)[C@H]1CCC2C3CCC4C[C@H](OS(=O)(=O)O)[C@@H](OS(=O)(=O)O)C[C@]4(C)C3CC[C@@]21C. The Hall–Kier alpha value is -0.520. The first kappa shape index (κ1) is 28.5. The van der Waals surface area contributed by atoms with Crippen molar-refractivity contribution in [3.05, 3.63) is 12.7 Å². The summed E-state index contributed by atoms with van der Waals surface area (Å²) in [5.41, 5.74) is 0.0555. The molecule has 0 saturated heterocycles. The van der Waals surface area contributed by atoms with Gasteiger partial charge in [-0.3, -0.25) is 9.11 Å². The van der Waals surface area contributed by atoms with Gasteiger partial charge in [-0.1, -0.05) is 33.3 Å². The summed E-state index contributed by atoms with van der Waals surface area (Å²) in [7, 11) is -9.62. The van der Waals surface area contributed by atoms with Crippen LogP contribution in [-0.4, -0.2) is 38.1 Å². The number of hydrogen-bond donors (Lipinski definition) is 2. The van der Waals surface area contributed by atoms with Gasteiger partial charge in [0.15, 0.2) is 0 Å². The molecule has 4 fully saturated rings. The first-order chi connectivity index (χ1) is 16.7. The third-order valence-electron chi connectivity index (χ3n) is 11.0. The van der Waals surface area contributed by atoms with Gasteiger partial charge in [-0.2, -0.15) is 16.8 Å². The van der Waals surface area contributed by atoms with Gasteiger partial charge in [-0.15, -0.1) is 6.58 Å². The Morgan fingerprint density at radius 2 is 1.58 bits per heavy atom. The van der Waals surface area contributed by atoms with Crippen LogP contribution in [0, 0.1) is 46.3 Å². The molecule has 4 aliphatic carbocycles. The normalized spacial score (nSPS) is 43.8. The van der Waals surface area contributed by atoms with Gasteiger partial charge in [0.25, 0.3) is 0 Å². The van der Waals surface area contributed by atoms with E-state index in [1.807, 2.05) is 6.08 Å². The van der Waals surface area contributed by atoms with E-state index in [0.717, 1.165) is 32.1 Å². The topological polar surface area (TPSA) is 127 Å². The van der Waals surface area contributed by atoms with Crippen LogP contribution in [0.25, 0.3) is 0 Å². The highest BCUT2D eigenvalue weighted by molar-refractivity contribution is 7.81. The Morgan fingerprint density at radius 3 is 2.22 bits per heavy atom. The highest BCUT2D eigenvalue weighted by Crippen LogP contribution is 2.68. The molecule has 4 saturated carbocycles. The minimum absolute atomic E-state index is 0.131. The molecule has 10 heteroatoms. The van der Waals surface area contributed by atoms with Crippen molar-refractivity contribution in [3.8, 4) is 0 Å². The second kappa shape index (κ2) is 10.2. The molecule has 10 atom stereocenters. The van der Waals surface area contributed by atoms with Gasteiger partial charge in [0.05, 0.1) is 0 Å². The van der Waals surface area contributed by atoms with Crippen molar-refractivity contribution in [3.63, 3.8) is 0 Å². The molecule has 0 amide bonds. The summed E-state index contributed by atoms with van der Waals surface area (Å²) in [6.07, 6.45) is 10.4. The number of allylic oxidation sites excluding steroid dienone is 1. The molecule has 8 nitrogen and oxygen atoms in total. The standard InChI is InChI=1S/C26H44O8S2/c1-5-6-7-8-17(2)20-11-12-21-19-10-9-18-15-23(33-35(27,28)29)24(34-36(30,31)32)16-26(18,4)22(19)13-14-25(20,21)3/h5,17-24H,1,6-16H2,2-4H3,(H,27,28,29)(H,30,31,32)/t17-,18?,19?,20-,21?,22?,23+,24+,25-,26+/m1/s1. The van der Waals surface area contributed by atoms with Crippen molar-refractivity contribution in [2.45, 2.75) is 104 Å². The molecule has 0 aromatic carbocycles. The molecule has 0 heterocycles. The van der Waals surface area contributed by atoms with E-state index in [0.29, 0.717) is 35.0 Å². The minimum Gasteiger partial charge on any atom is -0.264 e. The maximum absolute atomic E-state index is 11.6. The monoisotopic (exact) mass is 548 g/mol. The van der Waals surface area contributed by atoms with Crippen molar-refractivity contribution in [2.75, 3.05) is 0 Å². The van der Waals surface area contributed by atoms with Crippen molar-refractivity contribution in [1.29, 1.82) is 0 Å². The molecule has 0 aromatic heterocycles. The van der Waals surface area contributed by atoms with E-state index >= 15 is 0 Å². The predicted molar refractivity (Wildman–Crippen MR) is 137 cm³/mol. The van der Waals surface area contributed by atoms with Gasteiger partial charge < -0.3 is 0 Å². The molecule has 4 unspecified atom stereocenters. The minimum atomic E-state index is -4.82. The molecule has 0 spiro atoms. The summed E-state index contributed by atoms with van der Waals surface area (Å²) in [6, 6.07) is 0. The number of unbranched alkanes of at least 4 members (excludes halogenated alkanes) is 1. The number of hydrogen-bond acceptors (Lipinski definition) is 6. The van der Waals surface area contributed by atoms with E-state index in [2.05, 4.69) is 27.4 Å². The molecular formula is C26H44O8S2. The summed E-state index contributed by atoms with van der Waals surface area (Å²) in [6.45, 7) is 11.0. The van der Waals surface area contributed by atoms with Crippen LogP contribution in [0.15, 0.2) is 12.7 Å². The Morgan fingerprint density at radius 1 is 0.944 bits per heavy atom. The van der Waals surface area contributed by atoms with Crippen molar-refractivity contribution in [1.82, 2.24) is 0 Å². The highest BCUT2D eigenvalue weighted by atomic mass is 32.3. The largest absolute Gasteiger partial charge is 0.397 e. The fourth-order valence-electron chi connectivity index (χ4n) is 9.51. The van der Waals surface area contributed by atoms with Crippen LogP contribution < -0.4 is 0 Å². The van der Waals surface area contributed by atoms with E-state index < -0.39 is 33.0 Å². The zero-order valence-electron chi connectivity index (χ0n) is 21.8. The molecule has 36 heavy (non-hydrogen) atoms. The number of rotatable bonds is 9. The van der Waals surface area contributed by atoms with Crippen LogP contribution in [-0.2, 0) is 29.2 Å². The maximum Gasteiger partial charge on any atom is 0.397 e. The van der Waals surface area contributed by atoms with E-state index in [1.54, 1.807) is 0 Å². The molecule has 0 aromatic rings. The smallest absolute Gasteiger partial charge is 0.264 e. The van der Waals surface area contributed by atoms with Gasteiger partial charge in [0.1, 0.15) is 12.2 Å². The maximum atomic E-state index is 11.6. The van der Waals surface area contributed by atoms with Gasteiger partial charge >= 0.3 is 20.8 Å². The average Bonchev–Trinajstić information content (AvgIpc) is 3.10. The second-order valence-corrected chi connectivity index (χ2v) is 14.7. The summed E-state index contributed by atoms with van der Waals surface area (Å²) in [5.74, 6) is 3.08. The zero-order chi connectivity index (χ0) is 26.5. The first-order valence-corrected chi connectivity index (χ1v) is 16.3. The first-order valence-electron chi connectivity index (χ1n) is 13.6. The predicted octanol–water partition coefficient (Wildman–Crippen LogP) is 5.62. The molecule has 2 N–H and O–H groups in total. The van der Waals surface area contributed by atoms with E-state index in [9.17, 15) is 25.9 Å². The lowest BCUT2D eigenvalue weighted by Crippen LogP contribution is -2.57. The lowest BCUT2D eigenvalue weighted by Gasteiger charge is -2.62. The van der Waals surface area contributed by atoms with Gasteiger partial charge in [0, 0.05) is 0 Å². The summed E-state index contributed by atoms with van der Waals surface area (Å²) in [4.78, 5) is 0. The van der Waals surface area contributed by atoms with Crippen LogP contribution in [0.5, 0.6) is 0 Å². The second-order valence-electron chi connectivity index (χ2n) is 12.6. The molecule has 208 valence electrons. The van der Waals surface area contributed by atoms with Crippen LogP contribution in [0.4, 0.5) is 0 Å². The fraction of sp³-hybridized carbons (Fsp3) is 0.923. The Balaban J connectivity index is 1.55. The zero-order valence-corrected chi connectivity index (χ0v) is 23.5. The lowest BCUT2D eigenvalue weighted by molar-refractivity contribution is -0.152. The fourth-order valence-corrected chi connectivity index (χ4v) is 10.5. The Labute approximate surface area is 217 Å². The van der Waals surface area contributed by atoms with E-state index in [1.165, 1.54) is 25.7 Å². The summed E-state index contributed by atoms with van der Waals surface area (Å²) >= 11 is 0. The van der Waals surface area contributed by atoms with Crippen LogP contribution >= 0.6 is 0 Å². The van der Waals surface area contributed by atoms with Gasteiger partial charge in [-0.25, -0.2) is 8.37 Å². The van der Waals surface area contributed by atoms with Gasteiger partial charge in [0.2, 0.25) is 0 Å². The summed E-state index contributed by atoms with van der Waals surface area (Å²) < 4.78 is 74.6. The quantitative estimate of drug-likeness (QED) is 0.216. The lowest BCUT2D eigenvalue weighted by atomic mass is 9.44. The molecular weight excluding hydrogens is 504 g/mol. The van der Waals surface area contributed by atoms with Crippen molar-refractivity contribution in [2.24, 2.45) is 46.3 Å². The number of fused-ring (bicyclic) bond motifs is 5. The molecule has 0 radical (unpaired) electrons. The van der Waals surface area contributed by atoms with Crippen LogP contribution in [0.3, 0.4) is 0 Å². The van der Waals surface area contributed by atoms with Crippen molar-refractivity contribution < 1.29 is 34.3 Å². The Bertz CT molecular complexity index is 1030. The summed E-state index contributed by atoms with van der Waals surface area (Å²) in [5, 5.41) is 0. The van der Waals surface area contributed by atoms with Crippen LogP contribution in [0.2, 0.25) is 0 Å². The van der Waals surface area contributed by atoms with Crippen LogP contribution in [0.1, 0.15) is 91.4 Å². The highest BCUT2D eigenvalue weighted by Gasteiger charge is 2.62. The van der Waals surface area contributed by atoms with Gasteiger partial charge in [-0.05, 0) is 111 Å². The van der Waals surface area contributed by atoms with E-state index in [-0.39, 0.29) is 24.2 Å². The Kier molecular flexibility index (Phi) is 8.09. The molecule has 0 bridgehead atoms. The van der Waals surface area contributed by atoms with E-state index in [4.69, 9.17) is 8.37 Å². The molecule has 4 rings (SSSR count). The average molecular weight is 549 g/mol. The molecule has 4 aliphatic rings. The third kappa shape index (κ3) is 5.59.